The summed E-state index contributed by atoms with van der Waals surface area (Å²) in [5, 5.41) is 11.6. The number of hydrazine groups is 1. The number of carbonyl (C=O) groups excluding carboxylic acids is 1. The number of rotatable bonds is 3. The Morgan fingerprint density at radius 2 is 2.22 bits per heavy atom. The summed E-state index contributed by atoms with van der Waals surface area (Å²) in [4.78, 5) is 11.9. The predicted octanol–water partition coefficient (Wildman–Crippen LogP) is 0.401. The number of hydrogen-bond donors (Lipinski definition) is 3. The number of hydrogen-bond acceptors (Lipinski definition) is 4. The molecule has 1 aliphatic heterocycles. The van der Waals surface area contributed by atoms with Crippen molar-refractivity contribution in [2.75, 3.05) is 13.1 Å². The van der Waals surface area contributed by atoms with Gasteiger partial charge in [-0.05, 0) is 31.2 Å². The predicted molar refractivity (Wildman–Crippen MR) is 67.6 cm³/mol. The molecule has 0 aromatic heterocycles. The summed E-state index contributed by atoms with van der Waals surface area (Å²) in [6, 6.07) is 9.02. The van der Waals surface area contributed by atoms with Crippen molar-refractivity contribution in [3.05, 3.63) is 35.4 Å². The highest BCUT2D eigenvalue weighted by Gasteiger charge is 2.22. The molecule has 94 valence electrons. The van der Waals surface area contributed by atoms with Gasteiger partial charge in [-0.3, -0.25) is 15.6 Å². The maximum Gasteiger partial charge on any atom is 0.251 e. The second kappa shape index (κ2) is 5.63. The van der Waals surface area contributed by atoms with Crippen LogP contribution in [0.1, 0.15) is 22.8 Å². The Kier molecular flexibility index (Phi) is 3.92. The highest BCUT2D eigenvalue weighted by atomic mass is 16.1. The van der Waals surface area contributed by atoms with Gasteiger partial charge in [0, 0.05) is 30.6 Å². The van der Waals surface area contributed by atoms with Gasteiger partial charge in [-0.2, -0.15) is 5.26 Å². The van der Waals surface area contributed by atoms with Gasteiger partial charge in [0.15, 0.2) is 0 Å². The Morgan fingerprint density at radius 1 is 1.50 bits per heavy atom. The largest absolute Gasteiger partial charge is 0.352 e. The summed E-state index contributed by atoms with van der Waals surface area (Å²) in [7, 11) is 0. The van der Waals surface area contributed by atoms with Crippen LogP contribution in [0.2, 0.25) is 0 Å². The van der Waals surface area contributed by atoms with Gasteiger partial charge in [0.2, 0.25) is 0 Å². The van der Waals surface area contributed by atoms with Gasteiger partial charge < -0.3 is 5.32 Å². The average Bonchev–Trinajstić information content (AvgIpc) is 2.81. The van der Waals surface area contributed by atoms with Gasteiger partial charge in [-0.25, -0.2) is 0 Å². The van der Waals surface area contributed by atoms with Crippen molar-refractivity contribution in [1.29, 1.82) is 5.26 Å². The summed E-state index contributed by atoms with van der Waals surface area (Å²) in [6.45, 7) is 3.58. The van der Waals surface area contributed by atoms with Crippen LogP contribution in [0.4, 0.5) is 0 Å². The van der Waals surface area contributed by atoms with Crippen molar-refractivity contribution < 1.29 is 4.79 Å². The zero-order valence-corrected chi connectivity index (χ0v) is 10.2. The van der Waals surface area contributed by atoms with Gasteiger partial charge in [-0.1, -0.05) is 0 Å². The van der Waals surface area contributed by atoms with Crippen molar-refractivity contribution in [2.45, 2.75) is 13.0 Å². The van der Waals surface area contributed by atoms with Gasteiger partial charge in [0.1, 0.15) is 0 Å². The maximum atomic E-state index is 11.9. The standard InChI is InChI=1S/C13H16N4O/c1-9-12(8-16-17-9)7-15-13(18)11-4-2-10(6-14)3-5-11/h2-5,9,12,16-17H,7-8H2,1H3,(H,15,18). The fourth-order valence-corrected chi connectivity index (χ4v) is 1.92. The zero-order chi connectivity index (χ0) is 13.0. The number of carbonyl (C=O) groups is 1. The number of amides is 1. The van der Waals surface area contributed by atoms with Crippen LogP contribution in [0.3, 0.4) is 0 Å². The minimum absolute atomic E-state index is 0.0985. The lowest BCUT2D eigenvalue weighted by molar-refractivity contribution is 0.0947. The smallest absolute Gasteiger partial charge is 0.251 e. The Hall–Kier alpha value is -1.90. The number of nitriles is 1. The van der Waals surface area contributed by atoms with Crippen LogP contribution in [0.25, 0.3) is 0 Å². The minimum Gasteiger partial charge on any atom is -0.352 e. The lowest BCUT2D eigenvalue weighted by Crippen LogP contribution is -2.35. The summed E-state index contributed by atoms with van der Waals surface area (Å²) in [6.07, 6.45) is 0. The van der Waals surface area contributed by atoms with E-state index < -0.39 is 0 Å². The van der Waals surface area contributed by atoms with Crippen molar-refractivity contribution in [3.63, 3.8) is 0 Å². The van der Waals surface area contributed by atoms with E-state index in [0.717, 1.165) is 6.54 Å². The van der Waals surface area contributed by atoms with Crippen molar-refractivity contribution in [1.82, 2.24) is 16.2 Å². The van der Waals surface area contributed by atoms with E-state index in [-0.39, 0.29) is 5.91 Å². The van der Waals surface area contributed by atoms with E-state index in [2.05, 4.69) is 23.1 Å². The summed E-state index contributed by atoms with van der Waals surface area (Å²) < 4.78 is 0. The van der Waals surface area contributed by atoms with Crippen LogP contribution in [0, 0.1) is 17.2 Å². The van der Waals surface area contributed by atoms with E-state index in [1.807, 2.05) is 6.07 Å². The molecule has 0 radical (unpaired) electrons. The Bertz CT molecular complexity index is 463. The fraction of sp³-hybridized carbons (Fsp3) is 0.385. The zero-order valence-electron chi connectivity index (χ0n) is 10.2. The molecule has 2 rings (SSSR count). The molecule has 2 unspecified atom stereocenters. The minimum atomic E-state index is -0.0985. The van der Waals surface area contributed by atoms with Crippen LogP contribution in [0.15, 0.2) is 24.3 Å². The van der Waals surface area contributed by atoms with E-state index >= 15 is 0 Å². The molecule has 5 heteroatoms. The third-order valence-corrected chi connectivity index (χ3v) is 3.20. The summed E-state index contributed by atoms with van der Waals surface area (Å²) >= 11 is 0. The first-order chi connectivity index (χ1) is 8.70. The normalized spacial score (nSPS) is 22.4. The molecule has 0 spiro atoms. The molecule has 0 aliphatic carbocycles. The highest BCUT2D eigenvalue weighted by molar-refractivity contribution is 5.94. The Balaban J connectivity index is 1.89. The van der Waals surface area contributed by atoms with E-state index in [1.54, 1.807) is 24.3 Å². The molecule has 1 aliphatic rings. The van der Waals surface area contributed by atoms with Crippen LogP contribution in [-0.2, 0) is 0 Å². The molecule has 3 N–H and O–H groups in total. The second-order valence-electron chi connectivity index (χ2n) is 4.47. The van der Waals surface area contributed by atoms with Gasteiger partial charge in [-0.15, -0.1) is 0 Å². The summed E-state index contributed by atoms with van der Waals surface area (Å²) in [5.41, 5.74) is 7.32. The molecule has 18 heavy (non-hydrogen) atoms. The molecule has 1 saturated heterocycles. The highest BCUT2D eigenvalue weighted by Crippen LogP contribution is 2.07. The fourth-order valence-electron chi connectivity index (χ4n) is 1.92. The first-order valence-corrected chi connectivity index (χ1v) is 5.97. The quantitative estimate of drug-likeness (QED) is 0.719. The number of benzene rings is 1. The van der Waals surface area contributed by atoms with Crippen LogP contribution >= 0.6 is 0 Å². The van der Waals surface area contributed by atoms with Gasteiger partial charge in [0.05, 0.1) is 11.6 Å². The average molecular weight is 244 g/mol. The molecular formula is C13H16N4O. The van der Waals surface area contributed by atoms with Crippen LogP contribution < -0.4 is 16.2 Å². The lowest BCUT2D eigenvalue weighted by atomic mass is 10.0. The molecule has 0 saturated carbocycles. The van der Waals surface area contributed by atoms with Gasteiger partial charge >= 0.3 is 0 Å². The monoisotopic (exact) mass is 244 g/mol. The lowest BCUT2D eigenvalue weighted by Gasteiger charge is -2.14. The number of nitrogens with zero attached hydrogens (tertiary/aromatic N) is 1. The number of nitrogens with one attached hydrogen (secondary N) is 3. The van der Waals surface area contributed by atoms with Crippen molar-refractivity contribution in [3.8, 4) is 6.07 Å². The maximum absolute atomic E-state index is 11.9. The molecule has 5 nitrogen and oxygen atoms in total. The van der Waals surface area contributed by atoms with Crippen molar-refractivity contribution >= 4 is 5.91 Å². The third kappa shape index (κ3) is 2.86. The summed E-state index contributed by atoms with van der Waals surface area (Å²) in [5.74, 6) is 0.297. The molecule has 0 bridgehead atoms. The van der Waals surface area contributed by atoms with E-state index in [4.69, 9.17) is 5.26 Å². The third-order valence-electron chi connectivity index (χ3n) is 3.20. The van der Waals surface area contributed by atoms with E-state index in [0.29, 0.717) is 29.6 Å². The van der Waals surface area contributed by atoms with E-state index in [1.165, 1.54) is 0 Å². The molecule has 1 aromatic carbocycles. The molecular weight excluding hydrogens is 228 g/mol. The molecule has 1 heterocycles. The Labute approximate surface area is 106 Å². The van der Waals surface area contributed by atoms with E-state index in [9.17, 15) is 4.79 Å². The van der Waals surface area contributed by atoms with Gasteiger partial charge in [0.25, 0.3) is 5.91 Å². The molecule has 1 aromatic rings. The first kappa shape index (κ1) is 12.6. The van der Waals surface area contributed by atoms with Crippen LogP contribution in [-0.4, -0.2) is 25.0 Å². The molecule has 1 amide bonds. The Morgan fingerprint density at radius 3 is 2.78 bits per heavy atom. The molecule has 1 fully saturated rings. The second-order valence-corrected chi connectivity index (χ2v) is 4.47. The van der Waals surface area contributed by atoms with Crippen molar-refractivity contribution in [2.24, 2.45) is 5.92 Å². The SMILES string of the molecule is CC1NNCC1CNC(=O)c1ccc(C#N)cc1. The first-order valence-electron chi connectivity index (χ1n) is 5.97. The molecule has 2 atom stereocenters. The van der Waals surface area contributed by atoms with Crippen LogP contribution in [0.5, 0.6) is 0 Å². The topological polar surface area (TPSA) is 76.9 Å².